The average Bonchev–Trinajstić information content (AvgIpc) is 2.49. The summed E-state index contributed by atoms with van der Waals surface area (Å²) in [6.07, 6.45) is 8.61. The molecule has 1 amide bonds. The molecule has 22 heavy (non-hydrogen) atoms. The molecule has 1 N–H and O–H groups in total. The fourth-order valence-electron chi connectivity index (χ4n) is 5.14. The van der Waals surface area contributed by atoms with Gasteiger partial charge in [0.15, 0.2) is 0 Å². The topological polar surface area (TPSA) is 42.0 Å². The van der Waals surface area contributed by atoms with Gasteiger partial charge in [-0.2, -0.15) is 0 Å². The molecule has 4 saturated carbocycles. The van der Waals surface area contributed by atoms with Crippen LogP contribution >= 0.6 is 23.4 Å². The third kappa shape index (κ3) is 2.54. The summed E-state index contributed by atoms with van der Waals surface area (Å²) in [5, 5.41) is 4.49. The van der Waals surface area contributed by atoms with Crippen molar-refractivity contribution in [1.82, 2.24) is 10.3 Å². The van der Waals surface area contributed by atoms with Gasteiger partial charge in [0.2, 0.25) is 0 Å². The lowest BCUT2D eigenvalue weighted by molar-refractivity contribution is -0.0120. The summed E-state index contributed by atoms with van der Waals surface area (Å²) in [7, 11) is 0. The third-order valence-electron chi connectivity index (χ3n) is 5.79. The van der Waals surface area contributed by atoms with E-state index in [1.54, 1.807) is 12.1 Å². The monoisotopic (exact) mass is 336 g/mol. The van der Waals surface area contributed by atoms with Crippen molar-refractivity contribution in [2.24, 2.45) is 23.7 Å². The molecule has 4 aliphatic rings. The smallest absolute Gasteiger partial charge is 0.254 e. The van der Waals surface area contributed by atoms with E-state index >= 15 is 0 Å². The highest BCUT2D eigenvalue weighted by atomic mass is 35.5. The number of carbonyl (C=O) groups excluding carboxylic acids is 1. The van der Waals surface area contributed by atoms with E-state index in [1.807, 2.05) is 6.26 Å². The van der Waals surface area contributed by atoms with Crippen LogP contribution in [0.1, 0.15) is 42.5 Å². The number of carbonyl (C=O) groups is 1. The van der Waals surface area contributed by atoms with E-state index in [9.17, 15) is 4.79 Å². The Kier molecular flexibility index (Phi) is 3.85. The molecule has 1 aromatic heterocycles. The van der Waals surface area contributed by atoms with Gasteiger partial charge in [0.25, 0.3) is 5.91 Å². The van der Waals surface area contributed by atoms with Gasteiger partial charge in [-0.25, -0.2) is 4.98 Å². The molecule has 4 fully saturated rings. The summed E-state index contributed by atoms with van der Waals surface area (Å²) in [5.41, 5.74) is 0.658. The first-order valence-electron chi connectivity index (χ1n) is 8.15. The van der Waals surface area contributed by atoms with Gasteiger partial charge >= 0.3 is 0 Å². The number of nitrogens with one attached hydrogen (secondary N) is 1. The van der Waals surface area contributed by atoms with E-state index in [2.05, 4.69) is 10.3 Å². The van der Waals surface area contributed by atoms with Crippen molar-refractivity contribution in [2.75, 3.05) is 6.26 Å². The molecule has 5 rings (SSSR count). The van der Waals surface area contributed by atoms with E-state index in [0.29, 0.717) is 33.6 Å². The van der Waals surface area contributed by atoms with Gasteiger partial charge in [-0.1, -0.05) is 11.6 Å². The minimum Gasteiger partial charge on any atom is -0.349 e. The third-order valence-corrected chi connectivity index (χ3v) is 6.70. The Morgan fingerprint density at radius 3 is 2.41 bits per heavy atom. The van der Waals surface area contributed by atoms with Crippen LogP contribution in [0.4, 0.5) is 0 Å². The minimum atomic E-state index is 0.0194. The Hall–Kier alpha value is -0.740. The number of pyridine rings is 1. The molecule has 5 heteroatoms. The lowest BCUT2D eigenvalue weighted by Gasteiger charge is -2.54. The summed E-state index contributed by atoms with van der Waals surface area (Å²) in [6.45, 7) is 0. The van der Waals surface area contributed by atoms with Crippen molar-refractivity contribution in [3.05, 3.63) is 22.8 Å². The van der Waals surface area contributed by atoms with Gasteiger partial charge in [-0.15, -0.1) is 11.8 Å². The standard InChI is InChI=1S/C17H21ClN2OS/c1-22-17-13(2-3-14(18)19-17)16(21)20-15-11-5-9-4-10(7-11)8-12(15)6-9/h2-3,9-12,15H,4-8H2,1H3,(H,20,21). The molecule has 0 unspecified atom stereocenters. The van der Waals surface area contributed by atoms with Gasteiger partial charge in [-0.3, -0.25) is 4.79 Å². The summed E-state index contributed by atoms with van der Waals surface area (Å²) < 4.78 is 0. The lowest BCUT2D eigenvalue weighted by atomic mass is 9.54. The van der Waals surface area contributed by atoms with Crippen LogP contribution < -0.4 is 5.32 Å². The molecule has 0 aromatic carbocycles. The molecule has 4 bridgehead atoms. The van der Waals surface area contributed by atoms with E-state index in [-0.39, 0.29) is 5.91 Å². The first-order chi connectivity index (χ1) is 10.6. The maximum Gasteiger partial charge on any atom is 0.254 e. The Bertz CT molecular complexity index is 578. The number of amides is 1. The van der Waals surface area contributed by atoms with Crippen molar-refractivity contribution in [2.45, 2.75) is 43.2 Å². The van der Waals surface area contributed by atoms with Crippen molar-refractivity contribution >= 4 is 29.3 Å². The number of thioether (sulfide) groups is 1. The summed E-state index contributed by atoms with van der Waals surface area (Å²) in [6, 6.07) is 3.87. The molecule has 1 heterocycles. The number of hydrogen-bond donors (Lipinski definition) is 1. The molecule has 4 aliphatic carbocycles. The molecule has 0 spiro atoms. The minimum absolute atomic E-state index is 0.0194. The Balaban J connectivity index is 1.53. The second-order valence-electron chi connectivity index (χ2n) is 7.12. The molecule has 0 saturated heterocycles. The number of nitrogens with zero attached hydrogens (tertiary/aromatic N) is 1. The predicted octanol–water partition coefficient (Wildman–Crippen LogP) is 4.01. The van der Waals surface area contributed by atoms with Gasteiger partial charge in [-0.05, 0) is 74.2 Å². The zero-order valence-corrected chi connectivity index (χ0v) is 14.3. The van der Waals surface area contributed by atoms with Gasteiger partial charge in [0.05, 0.1) is 5.56 Å². The first-order valence-corrected chi connectivity index (χ1v) is 9.75. The molecule has 118 valence electrons. The van der Waals surface area contributed by atoms with Gasteiger partial charge in [0, 0.05) is 6.04 Å². The number of rotatable bonds is 3. The largest absolute Gasteiger partial charge is 0.349 e. The Morgan fingerprint density at radius 2 is 1.82 bits per heavy atom. The normalized spacial score (nSPS) is 35.6. The van der Waals surface area contributed by atoms with Crippen LogP contribution in [0.25, 0.3) is 0 Å². The fourth-order valence-corrected chi connectivity index (χ4v) is 5.90. The quantitative estimate of drug-likeness (QED) is 0.669. The molecule has 0 radical (unpaired) electrons. The molecule has 3 nitrogen and oxygen atoms in total. The summed E-state index contributed by atoms with van der Waals surface area (Å²) in [4.78, 5) is 17.0. The lowest BCUT2D eigenvalue weighted by Crippen LogP contribution is -2.55. The van der Waals surface area contributed by atoms with Gasteiger partial charge in [0.1, 0.15) is 10.2 Å². The second-order valence-corrected chi connectivity index (χ2v) is 8.30. The van der Waals surface area contributed by atoms with Crippen molar-refractivity contribution in [3.63, 3.8) is 0 Å². The van der Waals surface area contributed by atoms with E-state index in [0.717, 1.165) is 11.8 Å². The highest BCUT2D eigenvalue weighted by Crippen LogP contribution is 2.53. The number of hydrogen-bond acceptors (Lipinski definition) is 3. The maximum absolute atomic E-state index is 12.7. The first kappa shape index (κ1) is 14.8. The Morgan fingerprint density at radius 1 is 1.18 bits per heavy atom. The average molecular weight is 337 g/mol. The maximum atomic E-state index is 12.7. The number of halogens is 1. The van der Waals surface area contributed by atoms with Gasteiger partial charge < -0.3 is 5.32 Å². The van der Waals surface area contributed by atoms with E-state index in [4.69, 9.17) is 11.6 Å². The molecule has 0 atom stereocenters. The Labute approximate surface area is 140 Å². The van der Waals surface area contributed by atoms with Crippen LogP contribution in [0.2, 0.25) is 5.15 Å². The van der Waals surface area contributed by atoms with E-state index < -0.39 is 0 Å². The van der Waals surface area contributed by atoms with Crippen molar-refractivity contribution < 1.29 is 4.79 Å². The zero-order valence-electron chi connectivity index (χ0n) is 12.7. The molecule has 1 aromatic rings. The van der Waals surface area contributed by atoms with Crippen LogP contribution in [-0.4, -0.2) is 23.2 Å². The zero-order chi connectivity index (χ0) is 15.3. The molecule has 0 aliphatic heterocycles. The highest BCUT2D eigenvalue weighted by Gasteiger charge is 2.48. The molecular weight excluding hydrogens is 316 g/mol. The fraction of sp³-hybridized carbons (Fsp3) is 0.647. The number of aromatic nitrogens is 1. The summed E-state index contributed by atoms with van der Waals surface area (Å²) >= 11 is 7.41. The van der Waals surface area contributed by atoms with Crippen LogP contribution in [0, 0.1) is 23.7 Å². The van der Waals surface area contributed by atoms with E-state index in [1.165, 1.54) is 43.9 Å². The van der Waals surface area contributed by atoms with Crippen molar-refractivity contribution in [3.8, 4) is 0 Å². The second kappa shape index (κ2) is 5.72. The highest BCUT2D eigenvalue weighted by molar-refractivity contribution is 7.98. The van der Waals surface area contributed by atoms with Crippen molar-refractivity contribution in [1.29, 1.82) is 0 Å². The van der Waals surface area contributed by atoms with Crippen LogP contribution in [-0.2, 0) is 0 Å². The molecular formula is C17H21ClN2OS. The van der Waals surface area contributed by atoms with Crippen LogP contribution in [0.5, 0.6) is 0 Å². The van der Waals surface area contributed by atoms with Crippen LogP contribution in [0.15, 0.2) is 17.2 Å². The summed E-state index contributed by atoms with van der Waals surface area (Å²) in [5.74, 6) is 3.26. The SMILES string of the molecule is CSc1nc(Cl)ccc1C(=O)NC1C2CC3CC(C2)CC1C3. The predicted molar refractivity (Wildman–Crippen MR) is 89.3 cm³/mol. The van der Waals surface area contributed by atoms with Crippen LogP contribution in [0.3, 0.4) is 0 Å².